The van der Waals surface area contributed by atoms with Crippen LogP contribution in [0.1, 0.15) is 34.7 Å². The molecule has 0 aliphatic heterocycles. The summed E-state index contributed by atoms with van der Waals surface area (Å²) in [6.45, 7) is 10.1. The first-order chi connectivity index (χ1) is 6.18. The Labute approximate surface area is 82.1 Å². The van der Waals surface area contributed by atoms with Gasteiger partial charge in [0, 0.05) is 19.9 Å². The average Bonchev–Trinajstić information content (AvgIpc) is 2.12. The minimum Gasteiger partial charge on any atom is -0.352 e. The second-order valence-corrected chi connectivity index (χ2v) is 2.88. The lowest BCUT2D eigenvalue weighted by atomic mass is 10.4. The maximum Gasteiger partial charge on any atom is 0.222 e. The molecular weight excluding hydrogens is 162 g/mol. The summed E-state index contributed by atoms with van der Waals surface area (Å²) in [5.41, 5.74) is 1.08. The first-order valence-corrected chi connectivity index (χ1v) is 4.73. The van der Waals surface area contributed by atoms with Crippen molar-refractivity contribution in [3.05, 3.63) is 18.0 Å². The average molecular weight is 183 g/mol. The van der Waals surface area contributed by atoms with Crippen molar-refractivity contribution in [3.63, 3.8) is 0 Å². The lowest BCUT2D eigenvalue weighted by Crippen LogP contribution is -2.12. The van der Waals surface area contributed by atoms with Crippen molar-refractivity contribution >= 4 is 5.95 Å². The van der Waals surface area contributed by atoms with Crippen molar-refractivity contribution in [2.45, 2.75) is 40.7 Å². The van der Waals surface area contributed by atoms with Gasteiger partial charge >= 0.3 is 0 Å². The summed E-state index contributed by atoms with van der Waals surface area (Å²) in [4.78, 5) is 8.19. The van der Waals surface area contributed by atoms with Crippen LogP contribution in [0.4, 0.5) is 5.95 Å². The van der Waals surface area contributed by atoms with Crippen molar-refractivity contribution in [1.82, 2.24) is 9.97 Å². The highest BCUT2D eigenvalue weighted by atomic mass is 15.1. The molecule has 0 aliphatic rings. The maximum atomic E-state index is 4.10. The molecule has 0 amide bonds. The Morgan fingerprint density at radius 2 is 1.69 bits per heavy atom. The van der Waals surface area contributed by atoms with E-state index in [0.717, 1.165) is 5.56 Å². The van der Waals surface area contributed by atoms with Gasteiger partial charge in [0.1, 0.15) is 0 Å². The summed E-state index contributed by atoms with van der Waals surface area (Å²) < 4.78 is 0. The molecule has 0 aliphatic carbocycles. The van der Waals surface area contributed by atoms with E-state index >= 15 is 0 Å². The molecule has 1 aromatic rings. The second-order valence-electron chi connectivity index (χ2n) is 2.88. The molecule has 0 atom stereocenters. The van der Waals surface area contributed by atoms with Gasteiger partial charge < -0.3 is 5.32 Å². The molecule has 13 heavy (non-hydrogen) atoms. The number of rotatable bonds is 2. The third-order valence-corrected chi connectivity index (χ3v) is 1.20. The van der Waals surface area contributed by atoms with Crippen molar-refractivity contribution in [1.29, 1.82) is 0 Å². The zero-order chi connectivity index (χ0) is 10.3. The van der Waals surface area contributed by atoms with E-state index in [-0.39, 0.29) is 1.43 Å². The summed E-state index contributed by atoms with van der Waals surface area (Å²) in [6.07, 6.45) is 3.61. The van der Waals surface area contributed by atoms with Gasteiger partial charge in [-0.1, -0.05) is 13.8 Å². The molecule has 76 valence electrons. The van der Waals surface area contributed by atoms with Crippen LogP contribution in [0.25, 0.3) is 0 Å². The van der Waals surface area contributed by atoms with Crippen LogP contribution in [0, 0.1) is 6.92 Å². The Morgan fingerprint density at radius 1 is 1.23 bits per heavy atom. The maximum absolute atomic E-state index is 4.10. The summed E-state index contributed by atoms with van der Waals surface area (Å²) in [7, 11) is 0. The fourth-order valence-corrected chi connectivity index (χ4v) is 0.725. The van der Waals surface area contributed by atoms with Crippen LogP contribution < -0.4 is 5.32 Å². The molecule has 1 rings (SSSR count). The Kier molecular flexibility index (Phi) is 5.85. The van der Waals surface area contributed by atoms with Gasteiger partial charge in [-0.2, -0.15) is 0 Å². The van der Waals surface area contributed by atoms with E-state index in [1.54, 1.807) is 12.4 Å². The van der Waals surface area contributed by atoms with Gasteiger partial charge in [-0.15, -0.1) is 0 Å². The quantitative estimate of drug-likeness (QED) is 0.766. The van der Waals surface area contributed by atoms with Crippen molar-refractivity contribution < 1.29 is 1.43 Å². The van der Waals surface area contributed by atoms with Crippen LogP contribution in [0.3, 0.4) is 0 Å². The van der Waals surface area contributed by atoms with Gasteiger partial charge in [-0.3, -0.25) is 0 Å². The number of nitrogens with zero attached hydrogens (tertiary/aromatic N) is 2. The largest absolute Gasteiger partial charge is 0.352 e. The summed E-state index contributed by atoms with van der Waals surface area (Å²) in [5, 5.41) is 3.11. The Bertz CT molecular complexity index is 221. The third kappa shape index (κ3) is 5.17. The molecule has 1 aromatic heterocycles. The molecule has 0 bridgehead atoms. The van der Waals surface area contributed by atoms with E-state index in [4.69, 9.17) is 0 Å². The number of aromatic nitrogens is 2. The molecule has 0 fully saturated rings. The predicted octanol–water partition coefficient (Wildman–Crippen LogP) is 2.88. The van der Waals surface area contributed by atoms with Crippen LogP contribution in [0.5, 0.6) is 0 Å². The van der Waals surface area contributed by atoms with E-state index in [0.29, 0.717) is 12.0 Å². The van der Waals surface area contributed by atoms with E-state index < -0.39 is 0 Å². The van der Waals surface area contributed by atoms with Crippen molar-refractivity contribution in [3.8, 4) is 0 Å². The molecule has 0 saturated carbocycles. The number of anilines is 1. The van der Waals surface area contributed by atoms with Crippen molar-refractivity contribution in [2.75, 3.05) is 5.32 Å². The minimum atomic E-state index is 0. The second kappa shape index (κ2) is 6.40. The van der Waals surface area contributed by atoms with E-state index in [2.05, 4.69) is 29.1 Å². The molecule has 1 N–H and O–H groups in total. The molecule has 1 heterocycles. The summed E-state index contributed by atoms with van der Waals surface area (Å²) in [5.74, 6) is 0.700. The highest BCUT2D eigenvalue weighted by Gasteiger charge is 1.95. The monoisotopic (exact) mass is 183 g/mol. The number of hydrogen-bond donors (Lipinski definition) is 1. The van der Waals surface area contributed by atoms with Crippen LogP contribution >= 0.6 is 0 Å². The number of aryl methyl sites for hydroxylation is 1. The molecule has 3 heteroatoms. The van der Waals surface area contributed by atoms with Crippen LogP contribution in [-0.4, -0.2) is 16.0 Å². The normalized spacial score (nSPS) is 9.08. The Balaban J connectivity index is 0. The SMILES string of the molecule is CC.Cc1cnc(NC(C)C)nc1.[HH]. The topological polar surface area (TPSA) is 37.8 Å². The van der Waals surface area contributed by atoms with Gasteiger partial charge in [-0.05, 0) is 26.3 Å². The summed E-state index contributed by atoms with van der Waals surface area (Å²) >= 11 is 0. The van der Waals surface area contributed by atoms with Gasteiger partial charge in [0.25, 0.3) is 0 Å². The molecule has 0 saturated heterocycles. The molecule has 3 nitrogen and oxygen atoms in total. The first-order valence-electron chi connectivity index (χ1n) is 4.73. The van der Waals surface area contributed by atoms with E-state index in [1.807, 2.05) is 20.8 Å². The molecule has 0 unspecified atom stereocenters. The number of hydrogen-bond acceptors (Lipinski definition) is 3. The molecule has 0 spiro atoms. The first kappa shape index (κ1) is 11.9. The highest BCUT2D eigenvalue weighted by Crippen LogP contribution is 1.99. The minimum absolute atomic E-state index is 0. The number of nitrogens with one attached hydrogen (secondary N) is 1. The van der Waals surface area contributed by atoms with E-state index in [9.17, 15) is 0 Å². The zero-order valence-corrected chi connectivity index (χ0v) is 9.13. The highest BCUT2D eigenvalue weighted by molar-refractivity contribution is 5.24. The zero-order valence-electron chi connectivity index (χ0n) is 9.13. The fourth-order valence-electron chi connectivity index (χ4n) is 0.725. The van der Waals surface area contributed by atoms with Gasteiger partial charge in [-0.25, -0.2) is 9.97 Å². The lowest BCUT2D eigenvalue weighted by Gasteiger charge is -2.06. The summed E-state index contributed by atoms with van der Waals surface area (Å²) in [6, 6.07) is 0.387. The Hall–Kier alpha value is -1.12. The van der Waals surface area contributed by atoms with Gasteiger partial charge in [0.05, 0.1) is 0 Å². The molecular formula is C10H21N3. The van der Waals surface area contributed by atoms with E-state index in [1.165, 1.54) is 0 Å². The lowest BCUT2D eigenvalue weighted by molar-refractivity contribution is 0.872. The fraction of sp³-hybridized carbons (Fsp3) is 0.600. The van der Waals surface area contributed by atoms with Gasteiger partial charge in [0.2, 0.25) is 5.95 Å². The Morgan fingerprint density at radius 3 is 2.08 bits per heavy atom. The van der Waals surface area contributed by atoms with Gasteiger partial charge in [0.15, 0.2) is 0 Å². The molecule has 0 aromatic carbocycles. The predicted molar refractivity (Wildman–Crippen MR) is 59.0 cm³/mol. The standard InChI is InChI=1S/C8H13N3.C2H6.H2/c1-6(2)11-8-9-4-7(3)5-10-8;1-2;/h4-6H,1-3H3,(H,9,10,11);1-2H3;1H. The van der Waals surface area contributed by atoms with Crippen LogP contribution in [0.2, 0.25) is 0 Å². The smallest absolute Gasteiger partial charge is 0.222 e. The van der Waals surface area contributed by atoms with Crippen LogP contribution in [-0.2, 0) is 0 Å². The molecule has 0 radical (unpaired) electrons. The third-order valence-electron chi connectivity index (χ3n) is 1.20. The van der Waals surface area contributed by atoms with Crippen molar-refractivity contribution in [2.24, 2.45) is 0 Å². The van der Waals surface area contributed by atoms with Crippen LogP contribution in [0.15, 0.2) is 12.4 Å².